The van der Waals surface area contributed by atoms with Crippen LogP contribution in [0.25, 0.3) is 0 Å². The first-order valence-corrected chi connectivity index (χ1v) is 12.1. The van der Waals surface area contributed by atoms with E-state index in [0.717, 1.165) is 29.7 Å². The van der Waals surface area contributed by atoms with Gasteiger partial charge in [-0.05, 0) is 62.8 Å². The van der Waals surface area contributed by atoms with Crippen molar-refractivity contribution in [1.29, 1.82) is 0 Å². The molecule has 1 unspecified atom stereocenters. The second-order valence-electron chi connectivity index (χ2n) is 8.86. The number of anilines is 1. The Morgan fingerprint density at radius 3 is 2.61 bits per heavy atom. The van der Waals surface area contributed by atoms with Gasteiger partial charge in [0.1, 0.15) is 0 Å². The molecule has 2 aromatic rings. The lowest BCUT2D eigenvalue weighted by atomic mass is 10.0. The summed E-state index contributed by atoms with van der Waals surface area (Å²) in [6.07, 6.45) is 4.22. The summed E-state index contributed by atoms with van der Waals surface area (Å²) in [4.78, 5) is 38.3. The maximum Gasteiger partial charge on any atom is 0.411 e. The molecular formula is C27H35N5O4. The molecule has 0 spiro atoms. The highest BCUT2D eigenvalue weighted by atomic mass is 16.5. The van der Waals surface area contributed by atoms with Gasteiger partial charge in [-0.25, -0.2) is 10.2 Å². The summed E-state index contributed by atoms with van der Waals surface area (Å²) >= 11 is 0. The standard InChI is InChI=1S/C27H35N5O4/c1-4-36-27(35)29-23-8-5-7-21(17-23)19-32-26(34)15-14-24(30-32)22-12-10-20(11-13-22)18-28-25(33)9-6-16-31(2)3/h5,7-8,10-15,17,24,30H,4,6,9,16,18-19H2,1-3H3,(H,28,33)(H,29,35). The molecule has 0 saturated carbocycles. The highest BCUT2D eigenvalue weighted by Gasteiger charge is 2.22. The zero-order valence-corrected chi connectivity index (χ0v) is 21.1. The van der Waals surface area contributed by atoms with E-state index in [1.165, 1.54) is 0 Å². The van der Waals surface area contributed by atoms with Crippen molar-refractivity contribution in [2.24, 2.45) is 0 Å². The second-order valence-corrected chi connectivity index (χ2v) is 8.86. The van der Waals surface area contributed by atoms with Crippen LogP contribution in [0.4, 0.5) is 10.5 Å². The van der Waals surface area contributed by atoms with Crippen molar-refractivity contribution in [3.05, 3.63) is 77.4 Å². The van der Waals surface area contributed by atoms with Crippen LogP contribution in [0, 0.1) is 0 Å². The Balaban J connectivity index is 1.54. The molecule has 1 aliphatic heterocycles. The summed E-state index contributed by atoms with van der Waals surface area (Å²) in [5.74, 6) is -0.0999. The topological polar surface area (TPSA) is 103 Å². The molecule has 1 atom stereocenters. The third-order valence-electron chi connectivity index (χ3n) is 5.62. The van der Waals surface area contributed by atoms with E-state index in [4.69, 9.17) is 4.74 Å². The smallest absolute Gasteiger partial charge is 0.411 e. The van der Waals surface area contributed by atoms with Crippen LogP contribution in [0.15, 0.2) is 60.7 Å². The van der Waals surface area contributed by atoms with Crippen molar-refractivity contribution in [3.63, 3.8) is 0 Å². The number of carbonyl (C=O) groups is 3. The molecule has 1 aliphatic rings. The number of amides is 3. The van der Waals surface area contributed by atoms with Gasteiger partial charge in [-0.15, -0.1) is 0 Å². The Hall–Kier alpha value is -3.69. The van der Waals surface area contributed by atoms with Crippen molar-refractivity contribution in [3.8, 4) is 0 Å². The lowest BCUT2D eigenvalue weighted by Crippen LogP contribution is -2.45. The molecule has 3 rings (SSSR count). The molecule has 9 nitrogen and oxygen atoms in total. The van der Waals surface area contributed by atoms with Gasteiger partial charge in [0.25, 0.3) is 5.91 Å². The molecule has 36 heavy (non-hydrogen) atoms. The first kappa shape index (κ1) is 26.9. The van der Waals surface area contributed by atoms with Crippen LogP contribution in [0.5, 0.6) is 0 Å². The SMILES string of the molecule is CCOC(=O)Nc1cccc(CN2NC(c3ccc(CNC(=O)CCCN(C)C)cc3)C=CC2=O)c1. The van der Waals surface area contributed by atoms with E-state index in [0.29, 0.717) is 25.2 Å². The van der Waals surface area contributed by atoms with Crippen molar-refractivity contribution >= 4 is 23.6 Å². The molecule has 3 N–H and O–H groups in total. The number of ether oxygens (including phenoxy) is 1. The molecule has 1 heterocycles. The number of hydrogen-bond donors (Lipinski definition) is 3. The van der Waals surface area contributed by atoms with Crippen molar-refractivity contribution in [2.75, 3.05) is 32.6 Å². The molecule has 0 aliphatic carbocycles. The van der Waals surface area contributed by atoms with E-state index in [2.05, 4.69) is 21.0 Å². The molecular weight excluding hydrogens is 458 g/mol. The average Bonchev–Trinajstić information content (AvgIpc) is 2.84. The third-order valence-corrected chi connectivity index (χ3v) is 5.62. The fourth-order valence-electron chi connectivity index (χ4n) is 3.76. The van der Waals surface area contributed by atoms with Gasteiger partial charge in [0.2, 0.25) is 5.91 Å². The predicted molar refractivity (Wildman–Crippen MR) is 139 cm³/mol. The van der Waals surface area contributed by atoms with Gasteiger partial charge in [-0.2, -0.15) is 0 Å². The van der Waals surface area contributed by atoms with E-state index in [-0.39, 0.29) is 24.5 Å². The van der Waals surface area contributed by atoms with Gasteiger partial charge in [0.05, 0.1) is 19.2 Å². The number of hydrogen-bond acceptors (Lipinski definition) is 6. The lowest BCUT2D eigenvalue weighted by molar-refractivity contribution is -0.131. The van der Waals surface area contributed by atoms with E-state index in [1.54, 1.807) is 24.1 Å². The van der Waals surface area contributed by atoms with Gasteiger partial charge >= 0.3 is 6.09 Å². The molecule has 0 fully saturated rings. The fourth-order valence-corrected chi connectivity index (χ4v) is 3.76. The van der Waals surface area contributed by atoms with Crippen LogP contribution in [-0.4, -0.2) is 55.1 Å². The van der Waals surface area contributed by atoms with Crippen LogP contribution in [0.1, 0.15) is 42.5 Å². The van der Waals surface area contributed by atoms with E-state index >= 15 is 0 Å². The van der Waals surface area contributed by atoms with Gasteiger partial charge in [-0.1, -0.05) is 42.5 Å². The molecule has 3 amide bonds. The Bertz CT molecular complexity index is 1070. The Labute approximate surface area is 212 Å². The monoisotopic (exact) mass is 493 g/mol. The Morgan fingerprint density at radius 1 is 1.11 bits per heavy atom. The van der Waals surface area contributed by atoms with Crippen LogP contribution >= 0.6 is 0 Å². The molecule has 9 heteroatoms. The largest absolute Gasteiger partial charge is 0.450 e. The van der Waals surface area contributed by atoms with Crippen LogP contribution in [-0.2, 0) is 27.4 Å². The number of rotatable bonds is 11. The molecule has 2 aromatic carbocycles. The normalized spacial score (nSPS) is 15.2. The van der Waals surface area contributed by atoms with Crippen molar-refractivity contribution < 1.29 is 19.1 Å². The Kier molecular flexibility index (Phi) is 10.0. The first-order chi connectivity index (χ1) is 17.3. The molecule has 192 valence electrons. The molecule has 0 bridgehead atoms. The minimum atomic E-state index is -0.517. The summed E-state index contributed by atoms with van der Waals surface area (Å²) < 4.78 is 4.92. The van der Waals surface area contributed by atoms with E-state index < -0.39 is 6.09 Å². The predicted octanol–water partition coefficient (Wildman–Crippen LogP) is 3.36. The van der Waals surface area contributed by atoms with Crippen molar-refractivity contribution in [2.45, 2.75) is 38.9 Å². The summed E-state index contributed by atoms with van der Waals surface area (Å²) in [6, 6.07) is 15.1. The van der Waals surface area contributed by atoms with Crippen LogP contribution < -0.4 is 16.1 Å². The lowest BCUT2D eigenvalue weighted by Gasteiger charge is -2.30. The summed E-state index contributed by atoms with van der Waals surface area (Å²) in [7, 11) is 3.99. The molecule has 0 saturated heterocycles. The minimum absolute atomic E-state index is 0.0495. The van der Waals surface area contributed by atoms with Crippen LogP contribution in [0.2, 0.25) is 0 Å². The number of hydrazine groups is 1. The maximum atomic E-state index is 12.5. The first-order valence-electron chi connectivity index (χ1n) is 12.1. The second kappa shape index (κ2) is 13.4. The van der Waals surface area contributed by atoms with Crippen LogP contribution in [0.3, 0.4) is 0 Å². The summed E-state index contributed by atoms with van der Waals surface area (Å²) in [5, 5.41) is 7.19. The van der Waals surface area contributed by atoms with Gasteiger partial charge in [-0.3, -0.25) is 19.9 Å². The highest BCUT2D eigenvalue weighted by molar-refractivity contribution is 5.88. The molecule has 0 radical (unpaired) electrons. The maximum absolute atomic E-state index is 12.5. The van der Waals surface area contributed by atoms with Crippen molar-refractivity contribution in [1.82, 2.24) is 20.7 Å². The number of benzene rings is 2. The summed E-state index contributed by atoms with van der Waals surface area (Å²) in [6.45, 7) is 3.73. The minimum Gasteiger partial charge on any atom is -0.450 e. The van der Waals surface area contributed by atoms with Gasteiger partial charge in [0.15, 0.2) is 0 Å². The number of nitrogens with zero attached hydrogens (tertiary/aromatic N) is 2. The summed E-state index contributed by atoms with van der Waals surface area (Å²) in [5.41, 5.74) is 6.73. The fraction of sp³-hybridized carbons (Fsp3) is 0.370. The number of carbonyl (C=O) groups excluding carboxylic acids is 3. The zero-order chi connectivity index (χ0) is 25.9. The third kappa shape index (κ3) is 8.51. The van der Waals surface area contributed by atoms with Gasteiger partial charge < -0.3 is 15.0 Å². The van der Waals surface area contributed by atoms with E-state index in [9.17, 15) is 14.4 Å². The van der Waals surface area contributed by atoms with E-state index in [1.807, 2.05) is 62.6 Å². The average molecular weight is 494 g/mol. The van der Waals surface area contributed by atoms with Gasteiger partial charge in [0, 0.05) is 24.7 Å². The molecule has 0 aromatic heterocycles. The number of nitrogens with one attached hydrogen (secondary N) is 3. The zero-order valence-electron chi connectivity index (χ0n) is 21.1. The highest BCUT2D eigenvalue weighted by Crippen LogP contribution is 2.21. The quantitative estimate of drug-likeness (QED) is 0.444. The Morgan fingerprint density at radius 2 is 1.89 bits per heavy atom.